The molecule has 1 N–H and O–H groups in total. The van der Waals surface area contributed by atoms with Crippen LogP contribution in [0.15, 0.2) is 15.2 Å². The van der Waals surface area contributed by atoms with Gasteiger partial charge in [-0.25, -0.2) is 0 Å². The Balaban J connectivity index is 2.96. The summed E-state index contributed by atoms with van der Waals surface area (Å²) >= 11 is 4.80. The van der Waals surface area contributed by atoms with Crippen molar-refractivity contribution in [1.29, 1.82) is 0 Å². The van der Waals surface area contributed by atoms with Gasteiger partial charge in [0, 0.05) is 21.8 Å². The Morgan fingerprint density at radius 3 is 2.83 bits per heavy atom. The highest BCUT2D eigenvalue weighted by Gasteiger charge is 2.25. The lowest BCUT2D eigenvalue weighted by atomic mass is 9.96. The largest absolute Gasteiger partial charge is 0.385 e. The first-order chi connectivity index (χ1) is 5.58. The number of aliphatic hydroxyl groups is 1. The minimum absolute atomic E-state index is 0.127. The molecule has 0 aliphatic carbocycles. The SMILES string of the molecule is CC(O)(CC=O)c1cscc1Br. The van der Waals surface area contributed by atoms with Gasteiger partial charge in [0.25, 0.3) is 0 Å². The van der Waals surface area contributed by atoms with Gasteiger partial charge in [0.15, 0.2) is 0 Å². The number of rotatable bonds is 3. The molecule has 0 spiro atoms. The fraction of sp³-hybridized carbons (Fsp3) is 0.375. The summed E-state index contributed by atoms with van der Waals surface area (Å²) in [5.74, 6) is 0. The summed E-state index contributed by atoms with van der Waals surface area (Å²) in [6.07, 6.45) is 0.854. The van der Waals surface area contributed by atoms with E-state index in [2.05, 4.69) is 15.9 Å². The van der Waals surface area contributed by atoms with Crippen molar-refractivity contribution < 1.29 is 9.90 Å². The summed E-state index contributed by atoms with van der Waals surface area (Å²) in [6.45, 7) is 1.63. The molecule has 2 nitrogen and oxygen atoms in total. The second-order valence-electron chi connectivity index (χ2n) is 2.78. The first-order valence-corrected chi connectivity index (χ1v) is 5.19. The normalized spacial score (nSPS) is 15.6. The van der Waals surface area contributed by atoms with Crippen molar-refractivity contribution in [2.24, 2.45) is 0 Å². The monoisotopic (exact) mass is 248 g/mol. The van der Waals surface area contributed by atoms with Gasteiger partial charge in [-0.2, -0.15) is 11.3 Å². The van der Waals surface area contributed by atoms with E-state index in [1.54, 1.807) is 6.92 Å². The van der Waals surface area contributed by atoms with Crippen LogP contribution in [-0.2, 0) is 10.4 Å². The van der Waals surface area contributed by atoms with Crippen molar-refractivity contribution in [2.75, 3.05) is 0 Å². The average Bonchev–Trinajstić information content (AvgIpc) is 2.35. The van der Waals surface area contributed by atoms with Gasteiger partial charge in [-0.15, -0.1) is 0 Å². The lowest BCUT2D eigenvalue weighted by molar-refractivity contribution is -0.112. The molecule has 1 heterocycles. The number of carbonyl (C=O) groups excluding carboxylic acids is 1. The predicted molar refractivity (Wildman–Crippen MR) is 52.3 cm³/mol. The number of thiophene rings is 1. The summed E-state index contributed by atoms with van der Waals surface area (Å²) in [5.41, 5.74) is -0.264. The lowest BCUT2D eigenvalue weighted by Crippen LogP contribution is -2.21. The topological polar surface area (TPSA) is 37.3 Å². The molecule has 0 aliphatic rings. The third-order valence-electron chi connectivity index (χ3n) is 1.68. The van der Waals surface area contributed by atoms with Crippen molar-refractivity contribution in [3.8, 4) is 0 Å². The first-order valence-electron chi connectivity index (χ1n) is 3.46. The molecule has 0 saturated carbocycles. The Morgan fingerprint density at radius 1 is 1.75 bits per heavy atom. The number of hydrogen-bond acceptors (Lipinski definition) is 3. The molecule has 0 aliphatic heterocycles. The van der Waals surface area contributed by atoms with Gasteiger partial charge >= 0.3 is 0 Å². The molecule has 1 aromatic rings. The van der Waals surface area contributed by atoms with Crippen molar-refractivity contribution in [1.82, 2.24) is 0 Å². The zero-order valence-electron chi connectivity index (χ0n) is 6.58. The van der Waals surface area contributed by atoms with E-state index in [9.17, 15) is 9.90 Å². The highest BCUT2D eigenvalue weighted by molar-refractivity contribution is 9.10. The van der Waals surface area contributed by atoms with Crippen LogP contribution in [0.3, 0.4) is 0 Å². The van der Waals surface area contributed by atoms with Crippen LogP contribution < -0.4 is 0 Å². The Hall–Kier alpha value is -0.190. The third kappa shape index (κ3) is 1.94. The van der Waals surface area contributed by atoms with E-state index in [0.717, 1.165) is 16.3 Å². The third-order valence-corrected chi connectivity index (χ3v) is 3.38. The van der Waals surface area contributed by atoms with Gasteiger partial charge in [0.2, 0.25) is 0 Å². The Morgan fingerprint density at radius 2 is 2.42 bits per heavy atom. The molecule has 0 fully saturated rings. The summed E-state index contributed by atoms with van der Waals surface area (Å²) in [6, 6.07) is 0. The second-order valence-corrected chi connectivity index (χ2v) is 4.38. The standard InChI is InChI=1S/C8H9BrO2S/c1-8(11,2-3-10)6-4-12-5-7(6)9/h3-5,11H,2H2,1H3. The van der Waals surface area contributed by atoms with E-state index in [4.69, 9.17) is 0 Å². The molecular weight excluding hydrogens is 240 g/mol. The van der Waals surface area contributed by atoms with E-state index in [-0.39, 0.29) is 6.42 Å². The Labute approximate surface area is 83.4 Å². The number of aldehydes is 1. The highest BCUT2D eigenvalue weighted by atomic mass is 79.9. The van der Waals surface area contributed by atoms with Gasteiger partial charge in [0.1, 0.15) is 6.29 Å². The molecule has 1 rings (SSSR count). The predicted octanol–water partition coefficient (Wildman–Crippen LogP) is 2.31. The van der Waals surface area contributed by atoms with Crippen LogP contribution in [-0.4, -0.2) is 11.4 Å². The van der Waals surface area contributed by atoms with E-state index >= 15 is 0 Å². The first kappa shape index (κ1) is 9.89. The van der Waals surface area contributed by atoms with Crippen LogP contribution in [0.2, 0.25) is 0 Å². The second kappa shape index (κ2) is 3.68. The van der Waals surface area contributed by atoms with Crippen LogP contribution in [0.1, 0.15) is 18.9 Å². The van der Waals surface area contributed by atoms with Crippen molar-refractivity contribution >= 4 is 33.6 Å². The molecule has 66 valence electrons. The van der Waals surface area contributed by atoms with Crippen molar-refractivity contribution in [3.63, 3.8) is 0 Å². The summed E-state index contributed by atoms with van der Waals surface area (Å²) in [5, 5.41) is 13.5. The van der Waals surface area contributed by atoms with Crippen LogP contribution >= 0.6 is 27.3 Å². The summed E-state index contributed by atoms with van der Waals surface area (Å²) < 4.78 is 0.861. The molecule has 4 heteroatoms. The van der Waals surface area contributed by atoms with Gasteiger partial charge in [-0.1, -0.05) is 0 Å². The molecule has 1 aromatic heterocycles. The maximum Gasteiger partial charge on any atom is 0.123 e. The van der Waals surface area contributed by atoms with E-state index < -0.39 is 5.60 Å². The van der Waals surface area contributed by atoms with Crippen LogP contribution in [0.25, 0.3) is 0 Å². The quantitative estimate of drug-likeness (QED) is 0.834. The fourth-order valence-electron chi connectivity index (χ4n) is 0.938. The molecule has 0 saturated heterocycles. The smallest absolute Gasteiger partial charge is 0.123 e. The maximum absolute atomic E-state index is 10.3. The Kier molecular flexibility index (Phi) is 3.04. The number of hydrogen-bond donors (Lipinski definition) is 1. The maximum atomic E-state index is 10.3. The van der Waals surface area contributed by atoms with Crippen molar-refractivity contribution in [3.05, 3.63) is 20.8 Å². The molecular formula is C8H9BrO2S. The number of halogens is 1. The molecule has 0 aromatic carbocycles. The van der Waals surface area contributed by atoms with Crippen molar-refractivity contribution in [2.45, 2.75) is 18.9 Å². The molecule has 0 amide bonds. The average molecular weight is 249 g/mol. The number of carbonyl (C=O) groups is 1. The van der Waals surface area contributed by atoms with Gasteiger partial charge in [-0.3, -0.25) is 0 Å². The van der Waals surface area contributed by atoms with Crippen LogP contribution in [0, 0.1) is 0 Å². The van der Waals surface area contributed by atoms with Gasteiger partial charge in [0.05, 0.1) is 5.60 Å². The van der Waals surface area contributed by atoms with E-state index in [1.165, 1.54) is 11.3 Å². The molecule has 0 bridgehead atoms. The van der Waals surface area contributed by atoms with Gasteiger partial charge < -0.3 is 9.90 Å². The Bertz CT molecular complexity index is 280. The molecule has 1 atom stereocenters. The van der Waals surface area contributed by atoms with Crippen LogP contribution in [0.4, 0.5) is 0 Å². The zero-order chi connectivity index (χ0) is 9.19. The zero-order valence-corrected chi connectivity index (χ0v) is 8.98. The van der Waals surface area contributed by atoms with Gasteiger partial charge in [-0.05, 0) is 28.2 Å². The van der Waals surface area contributed by atoms with Crippen LogP contribution in [0.5, 0.6) is 0 Å². The summed E-state index contributed by atoms with van der Waals surface area (Å²) in [7, 11) is 0. The minimum atomic E-state index is -1.04. The molecule has 12 heavy (non-hydrogen) atoms. The van der Waals surface area contributed by atoms with E-state index in [0.29, 0.717) is 0 Å². The molecule has 0 radical (unpaired) electrons. The highest BCUT2D eigenvalue weighted by Crippen LogP contribution is 2.32. The molecule has 1 unspecified atom stereocenters. The van der Waals surface area contributed by atoms with E-state index in [1.807, 2.05) is 10.8 Å². The lowest BCUT2D eigenvalue weighted by Gasteiger charge is -2.19. The minimum Gasteiger partial charge on any atom is -0.385 e. The fourth-order valence-corrected chi connectivity index (χ4v) is 2.79. The summed E-state index contributed by atoms with van der Waals surface area (Å²) in [4.78, 5) is 10.3.